The molecule has 0 radical (unpaired) electrons. The number of rotatable bonds is 5. The van der Waals surface area contributed by atoms with Crippen molar-refractivity contribution in [3.8, 4) is 0 Å². The number of sulfonamides is 1. The highest BCUT2D eigenvalue weighted by Crippen LogP contribution is 2.23. The lowest BCUT2D eigenvalue weighted by molar-refractivity contribution is -0.116. The summed E-state index contributed by atoms with van der Waals surface area (Å²) in [6, 6.07) is 11.8. The van der Waals surface area contributed by atoms with Crippen molar-refractivity contribution in [3.05, 3.63) is 59.2 Å². The highest BCUT2D eigenvalue weighted by atomic mass is 32.2. The Morgan fingerprint density at radius 3 is 2.28 bits per heavy atom. The molecular weight excluding hydrogens is 336 g/mol. The number of nitrogens with one attached hydrogen (secondary N) is 1. The predicted molar refractivity (Wildman–Crippen MR) is 103 cm³/mol. The molecule has 0 aliphatic carbocycles. The topological polar surface area (TPSA) is 66.5 Å². The molecule has 2 aromatic carbocycles. The summed E-state index contributed by atoms with van der Waals surface area (Å²) in [6.45, 7) is 7.42. The average molecular weight is 360 g/mol. The second kappa shape index (κ2) is 7.27. The zero-order chi connectivity index (χ0) is 18.8. The predicted octanol–water partition coefficient (Wildman–Crippen LogP) is 3.41. The average Bonchev–Trinajstić information content (AvgIpc) is 2.49. The largest absolute Gasteiger partial charge is 0.324 e. The van der Waals surface area contributed by atoms with Crippen molar-refractivity contribution in [2.75, 3.05) is 15.9 Å². The first-order valence-electron chi connectivity index (χ1n) is 8.04. The zero-order valence-electron chi connectivity index (χ0n) is 15.2. The molecule has 0 fully saturated rings. The first kappa shape index (κ1) is 19.0. The molecule has 0 heterocycles. The molecule has 0 spiro atoms. The molecule has 0 bridgehead atoms. The third kappa shape index (κ3) is 4.60. The summed E-state index contributed by atoms with van der Waals surface area (Å²) in [7, 11) is -3.61. The van der Waals surface area contributed by atoms with Crippen LogP contribution in [0.3, 0.4) is 0 Å². The third-order valence-electron chi connectivity index (χ3n) is 4.12. The lowest BCUT2D eigenvalue weighted by Crippen LogP contribution is -2.45. The standard InChI is InChI=1S/C19H24N2O3S/c1-13-7-6-8-18(11-13)21(25(5,23)24)16(4)19(22)20-17-10-9-14(2)15(3)12-17/h6-12,16H,1-5H3,(H,20,22)/t16-/m1/s1. The fourth-order valence-electron chi connectivity index (χ4n) is 2.64. The highest BCUT2D eigenvalue weighted by Gasteiger charge is 2.29. The number of nitrogens with zero attached hydrogens (tertiary/aromatic N) is 1. The molecule has 1 N–H and O–H groups in total. The van der Waals surface area contributed by atoms with Gasteiger partial charge in [0, 0.05) is 5.69 Å². The van der Waals surface area contributed by atoms with Crippen molar-refractivity contribution in [1.82, 2.24) is 0 Å². The van der Waals surface area contributed by atoms with Gasteiger partial charge < -0.3 is 5.32 Å². The van der Waals surface area contributed by atoms with Crippen LogP contribution in [0.15, 0.2) is 42.5 Å². The van der Waals surface area contributed by atoms with Gasteiger partial charge in [0.25, 0.3) is 0 Å². The van der Waals surface area contributed by atoms with E-state index in [1.165, 1.54) is 0 Å². The summed E-state index contributed by atoms with van der Waals surface area (Å²) in [5.74, 6) is -0.379. The van der Waals surface area contributed by atoms with E-state index in [4.69, 9.17) is 0 Å². The van der Waals surface area contributed by atoms with Gasteiger partial charge in [-0.15, -0.1) is 0 Å². The van der Waals surface area contributed by atoms with Crippen LogP contribution < -0.4 is 9.62 Å². The molecule has 0 saturated carbocycles. The Bertz CT molecular complexity index is 891. The number of carbonyl (C=O) groups is 1. The van der Waals surface area contributed by atoms with Gasteiger partial charge in [-0.1, -0.05) is 18.2 Å². The minimum atomic E-state index is -3.61. The lowest BCUT2D eigenvalue weighted by atomic mass is 10.1. The Hall–Kier alpha value is -2.34. The normalized spacial score (nSPS) is 12.5. The molecule has 2 aromatic rings. The molecular formula is C19H24N2O3S. The molecule has 0 unspecified atom stereocenters. The van der Waals surface area contributed by atoms with Gasteiger partial charge in [-0.2, -0.15) is 0 Å². The number of anilines is 2. The van der Waals surface area contributed by atoms with E-state index in [2.05, 4.69) is 5.32 Å². The van der Waals surface area contributed by atoms with Crippen LogP contribution in [-0.2, 0) is 14.8 Å². The Balaban J connectivity index is 2.31. The second-order valence-corrected chi connectivity index (χ2v) is 8.22. The van der Waals surface area contributed by atoms with Gasteiger partial charge in [0.15, 0.2) is 0 Å². The van der Waals surface area contributed by atoms with Crippen molar-refractivity contribution in [2.24, 2.45) is 0 Å². The van der Waals surface area contributed by atoms with E-state index in [0.717, 1.165) is 27.3 Å². The molecule has 1 atom stereocenters. The molecule has 2 rings (SSSR count). The first-order valence-corrected chi connectivity index (χ1v) is 9.88. The number of amides is 1. The van der Waals surface area contributed by atoms with Gasteiger partial charge in [0.1, 0.15) is 6.04 Å². The van der Waals surface area contributed by atoms with Gasteiger partial charge in [-0.25, -0.2) is 8.42 Å². The molecule has 0 aliphatic rings. The lowest BCUT2D eigenvalue weighted by Gasteiger charge is -2.28. The maximum Gasteiger partial charge on any atom is 0.247 e. The maximum absolute atomic E-state index is 12.6. The van der Waals surface area contributed by atoms with Gasteiger partial charge in [-0.05, 0) is 68.7 Å². The number of aryl methyl sites for hydroxylation is 3. The molecule has 0 aromatic heterocycles. The molecule has 134 valence electrons. The van der Waals surface area contributed by atoms with E-state index < -0.39 is 16.1 Å². The van der Waals surface area contributed by atoms with Crippen molar-refractivity contribution in [1.29, 1.82) is 0 Å². The van der Waals surface area contributed by atoms with Crippen LogP contribution in [0.1, 0.15) is 23.6 Å². The Labute approximate surface area is 149 Å². The minimum Gasteiger partial charge on any atom is -0.324 e. The third-order valence-corrected chi connectivity index (χ3v) is 5.36. The van der Waals surface area contributed by atoms with Crippen LogP contribution >= 0.6 is 0 Å². The van der Waals surface area contributed by atoms with Crippen LogP contribution in [0.4, 0.5) is 11.4 Å². The fourth-order valence-corrected chi connectivity index (χ4v) is 3.81. The van der Waals surface area contributed by atoms with Crippen LogP contribution in [0.5, 0.6) is 0 Å². The molecule has 5 nitrogen and oxygen atoms in total. The van der Waals surface area contributed by atoms with Gasteiger partial charge in [0.2, 0.25) is 15.9 Å². The molecule has 6 heteroatoms. The van der Waals surface area contributed by atoms with Gasteiger partial charge in [0.05, 0.1) is 11.9 Å². The van der Waals surface area contributed by atoms with Gasteiger partial charge in [-0.3, -0.25) is 9.10 Å². The van der Waals surface area contributed by atoms with Gasteiger partial charge >= 0.3 is 0 Å². The summed E-state index contributed by atoms with van der Waals surface area (Å²) < 4.78 is 25.7. The first-order chi connectivity index (χ1) is 11.6. The van der Waals surface area contributed by atoms with Crippen molar-refractivity contribution < 1.29 is 13.2 Å². The number of carbonyl (C=O) groups excluding carboxylic acids is 1. The van der Waals surface area contributed by atoms with Crippen LogP contribution in [0.2, 0.25) is 0 Å². The Morgan fingerprint density at radius 1 is 1.04 bits per heavy atom. The van der Waals surface area contributed by atoms with E-state index >= 15 is 0 Å². The highest BCUT2D eigenvalue weighted by molar-refractivity contribution is 7.92. The summed E-state index contributed by atoms with van der Waals surface area (Å²) in [5, 5.41) is 2.80. The van der Waals surface area contributed by atoms with E-state index in [1.54, 1.807) is 25.1 Å². The van der Waals surface area contributed by atoms with E-state index in [0.29, 0.717) is 11.4 Å². The molecule has 0 saturated heterocycles. The van der Waals surface area contributed by atoms with E-state index in [1.807, 2.05) is 45.0 Å². The van der Waals surface area contributed by atoms with Crippen LogP contribution in [0.25, 0.3) is 0 Å². The summed E-state index contributed by atoms with van der Waals surface area (Å²) >= 11 is 0. The second-order valence-electron chi connectivity index (χ2n) is 6.36. The van der Waals surface area contributed by atoms with Crippen molar-refractivity contribution in [3.63, 3.8) is 0 Å². The van der Waals surface area contributed by atoms with E-state index in [9.17, 15) is 13.2 Å². The number of hydrogen-bond acceptors (Lipinski definition) is 3. The molecule has 0 aliphatic heterocycles. The van der Waals surface area contributed by atoms with Crippen LogP contribution in [-0.4, -0.2) is 26.6 Å². The summed E-state index contributed by atoms with van der Waals surface area (Å²) in [5.41, 5.74) is 4.24. The number of hydrogen-bond donors (Lipinski definition) is 1. The smallest absolute Gasteiger partial charge is 0.247 e. The monoisotopic (exact) mass is 360 g/mol. The molecule has 1 amide bonds. The quantitative estimate of drug-likeness (QED) is 0.888. The Morgan fingerprint density at radius 2 is 1.72 bits per heavy atom. The molecule has 25 heavy (non-hydrogen) atoms. The Kier molecular flexibility index (Phi) is 5.52. The van der Waals surface area contributed by atoms with Crippen molar-refractivity contribution in [2.45, 2.75) is 33.7 Å². The SMILES string of the molecule is Cc1cccc(N([C@H](C)C(=O)Nc2ccc(C)c(C)c2)S(C)(=O)=O)c1. The van der Waals surface area contributed by atoms with Crippen molar-refractivity contribution >= 4 is 27.3 Å². The zero-order valence-corrected chi connectivity index (χ0v) is 16.0. The van der Waals surface area contributed by atoms with E-state index in [-0.39, 0.29) is 5.91 Å². The minimum absolute atomic E-state index is 0.379. The maximum atomic E-state index is 12.6. The van der Waals surface area contributed by atoms with Crippen LogP contribution in [0, 0.1) is 20.8 Å². The number of benzene rings is 2. The summed E-state index contributed by atoms with van der Waals surface area (Å²) in [6.07, 6.45) is 1.11. The fraction of sp³-hybridized carbons (Fsp3) is 0.316. The summed E-state index contributed by atoms with van der Waals surface area (Å²) in [4.78, 5) is 12.6.